The van der Waals surface area contributed by atoms with Crippen LogP contribution in [0.15, 0.2) is 12.2 Å². The molecule has 2 amide bonds. The van der Waals surface area contributed by atoms with Crippen molar-refractivity contribution in [1.82, 2.24) is 10.6 Å². The van der Waals surface area contributed by atoms with Gasteiger partial charge in [0.15, 0.2) is 6.10 Å². The van der Waals surface area contributed by atoms with Crippen LogP contribution in [0.25, 0.3) is 0 Å². The predicted octanol–water partition coefficient (Wildman–Crippen LogP) is 1.05. The molecule has 5 atom stereocenters. The van der Waals surface area contributed by atoms with Gasteiger partial charge in [-0.1, -0.05) is 52.2 Å². The van der Waals surface area contributed by atoms with E-state index < -0.39 is 36.4 Å². The predicted molar refractivity (Wildman–Crippen MR) is 125 cm³/mol. The van der Waals surface area contributed by atoms with Crippen LogP contribution in [0.5, 0.6) is 0 Å². The third kappa shape index (κ3) is 11.4. The summed E-state index contributed by atoms with van der Waals surface area (Å²) in [6.07, 6.45) is 3.76. The van der Waals surface area contributed by atoms with Crippen molar-refractivity contribution in [1.29, 1.82) is 0 Å². The van der Waals surface area contributed by atoms with Gasteiger partial charge in [-0.05, 0) is 31.6 Å². The molecule has 0 heterocycles. The van der Waals surface area contributed by atoms with Gasteiger partial charge in [0.1, 0.15) is 24.4 Å². The van der Waals surface area contributed by atoms with Crippen LogP contribution in [0.1, 0.15) is 66.2 Å². The highest BCUT2D eigenvalue weighted by Gasteiger charge is 2.36. The molecular weight excluding hydrogens is 428 g/mol. The fourth-order valence-corrected chi connectivity index (χ4v) is 3.56. The molecule has 33 heavy (non-hydrogen) atoms. The number of methoxy groups -OCH3 is 1. The van der Waals surface area contributed by atoms with E-state index in [-0.39, 0.29) is 11.3 Å². The number of ether oxygens (including phenoxy) is 2. The number of aliphatic hydroxyl groups excluding tert-OH is 3. The number of hydrogen-bond acceptors (Lipinski definition) is 7. The van der Waals surface area contributed by atoms with Crippen molar-refractivity contribution in [2.45, 2.75) is 103 Å². The molecule has 0 unspecified atom stereocenters. The number of carbonyl (C=O) groups excluding carboxylic acids is 2. The molecule has 1 fully saturated rings. The van der Waals surface area contributed by atoms with Gasteiger partial charge in [0.2, 0.25) is 5.91 Å². The lowest BCUT2D eigenvalue weighted by Gasteiger charge is -2.28. The molecule has 192 valence electrons. The normalized spacial score (nSPS) is 20.1. The minimum atomic E-state index is -1.69. The van der Waals surface area contributed by atoms with Crippen molar-refractivity contribution in [3.05, 3.63) is 12.2 Å². The number of amides is 2. The molecule has 0 aliphatic heterocycles. The molecule has 1 saturated carbocycles. The molecule has 0 saturated heterocycles. The zero-order valence-corrected chi connectivity index (χ0v) is 20.8. The summed E-state index contributed by atoms with van der Waals surface area (Å²) in [5.74, 6) is -1.14. The maximum atomic E-state index is 12.5. The molecule has 9 nitrogen and oxygen atoms in total. The average molecular weight is 473 g/mol. The van der Waals surface area contributed by atoms with Gasteiger partial charge in [-0.3, -0.25) is 9.59 Å². The van der Waals surface area contributed by atoms with E-state index in [2.05, 4.69) is 10.6 Å². The Balaban J connectivity index is 2.43. The second-order valence-corrected chi connectivity index (χ2v) is 9.86. The molecule has 0 bridgehead atoms. The summed E-state index contributed by atoms with van der Waals surface area (Å²) in [4.78, 5) is 24.8. The van der Waals surface area contributed by atoms with Gasteiger partial charge in [-0.2, -0.15) is 0 Å². The molecule has 0 radical (unpaired) electrons. The highest BCUT2D eigenvalue weighted by Crippen LogP contribution is 2.20. The monoisotopic (exact) mass is 472 g/mol. The summed E-state index contributed by atoms with van der Waals surface area (Å²) in [6.45, 7) is 8.27. The lowest BCUT2D eigenvalue weighted by molar-refractivity contribution is -0.150. The van der Waals surface area contributed by atoms with Crippen LogP contribution in [0.2, 0.25) is 0 Å². The van der Waals surface area contributed by atoms with Crippen molar-refractivity contribution in [2.24, 2.45) is 5.41 Å². The van der Waals surface area contributed by atoms with E-state index >= 15 is 0 Å². The lowest BCUT2D eigenvalue weighted by Crippen LogP contribution is -2.55. The third-order valence-electron chi connectivity index (χ3n) is 5.59. The molecule has 5 N–H and O–H groups in total. The number of rotatable bonds is 13. The van der Waals surface area contributed by atoms with Gasteiger partial charge in [0.25, 0.3) is 5.91 Å². The standard InChI is InChI=1S/C24H44N2O7/c1-16(22(30)25-14-9-15-33-17-10-7-6-8-11-17)26-23(31)21(32-5)20(29)19(28)18(27)12-13-24(2,3)4/h12-13,16-21,27-29H,6-11,14-15H2,1-5H3,(H,25,30)(H,26,31)/t16-,18+,19-,20+,21+/m0/s1. The Morgan fingerprint density at radius 2 is 1.70 bits per heavy atom. The maximum Gasteiger partial charge on any atom is 0.252 e. The first-order chi connectivity index (χ1) is 15.5. The fourth-order valence-electron chi connectivity index (χ4n) is 3.56. The summed E-state index contributed by atoms with van der Waals surface area (Å²) < 4.78 is 10.9. The Labute approximate surface area is 197 Å². The quantitative estimate of drug-likeness (QED) is 0.200. The van der Waals surface area contributed by atoms with Crippen molar-refractivity contribution in [2.75, 3.05) is 20.3 Å². The third-order valence-corrected chi connectivity index (χ3v) is 5.59. The molecule has 0 aromatic heterocycles. The van der Waals surface area contributed by atoms with Crippen LogP contribution in [-0.2, 0) is 19.1 Å². The van der Waals surface area contributed by atoms with Crippen LogP contribution in [0, 0.1) is 5.41 Å². The van der Waals surface area contributed by atoms with Gasteiger partial charge in [0, 0.05) is 20.3 Å². The van der Waals surface area contributed by atoms with Crippen LogP contribution in [0.4, 0.5) is 0 Å². The van der Waals surface area contributed by atoms with Gasteiger partial charge < -0.3 is 35.4 Å². The van der Waals surface area contributed by atoms with E-state index in [1.807, 2.05) is 20.8 Å². The highest BCUT2D eigenvalue weighted by atomic mass is 16.5. The van der Waals surface area contributed by atoms with E-state index in [9.17, 15) is 24.9 Å². The zero-order valence-electron chi connectivity index (χ0n) is 20.8. The van der Waals surface area contributed by atoms with E-state index in [0.717, 1.165) is 12.8 Å². The molecular formula is C24H44N2O7. The van der Waals surface area contributed by atoms with E-state index in [0.29, 0.717) is 25.7 Å². The lowest BCUT2D eigenvalue weighted by atomic mass is 9.94. The first kappa shape index (κ1) is 29.5. The molecule has 9 heteroatoms. The summed E-state index contributed by atoms with van der Waals surface area (Å²) in [5, 5.41) is 35.9. The Morgan fingerprint density at radius 1 is 1.06 bits per heavy atom. The van der Waals surface area contributed by atoms with E-state index in [4.69, 9.17) is 9.47 Å². The summed E-state index contributed by atoms with van der Waals surface area (Å²) in [6, 6.07) is -0.871. The van der Waals surface area contributed by atoms with Crippen molar-refractivity contribution < 1.29 is 34.4 Å². The largest absolute Gasteiger partial charge is 0.387 e. The molecule has 1 rings (SSSR count). The average Bonchev–Trinajstić information content (AvgIpc) is 2.77. The molecule has 0 aromatic carbocycles. The van der Waals surface area contributed by atoms with Crippen LogP contribution < -0.4 is 10.6 Å². The minimum absolute atomic E-state index is 0.228. The second kappa shape index (κ2) is 14.7. The van der Waals surface area contributed by atoms with Gasteiger partial charge in [-0.15, -0.1) is 0 Å². The minimum Gasteiger partial charge on any atom is -0.387 e. The number of hydrogen-bond donors (Lipinski definition) is 5. The fraction of sp³-hybridized carbons (Fsp3) is 0.833. The molecule has 1 aliphatic carbocycles. The zero-order chi connectivity index (χ0) is 25.0. The van der Waals surface area contributed by atoms with Crippen molar-refractivity contribution in [3.8, 4) is 0 Å². The Hall–Kier alpha value is -1.52. The second-order valence-electron chi connectivity index (χ2n) is 9.86. The Bertz CT molecular complexity index is 614. The van der Waals surface area contributed by atoms with Gasteiger partial charge in [-0.25, -0.2) is 0 Å². The van der Waals surface area contributed by atoms with Gasteiger partial charge in [0.05, 0.1) is 6.10 Å². The molecule has 1 aliphatic rings. The molecule has 0 spiro atoms. The Kier molecular flexibility index (Phi) is 13.1. The van der Waals surface area contributed by atoms with Gasteiger partial charge >= 0.3 is 0 Å². The molecule has 0 aromatic rings. The van der Waals surface area contributed by atoms with Crippen LogP contribution in [-0.4, -0.2) is 84.0 Å². The first-order valence-corrected chi connectivity index (χ1v) is 11.9. The van der Waals surface area contributed by atoms with E-state index in [1.54, 1.807) is 6.08 Å². The first-order valence-electron chi connectivity index (χ1n) is 11.9. The number of allylic oxidation sites excluding steroid dienone is 1. The SMILES string of the molecule is CO[C@@H](C(=O)N[C@@H](C)C(=O)NCCCOC1CCCCC1)[C@H](O)[C@@H](O)[C@H](O)C=CC(C)(C)C. The number of nitrogens with one attached hydrogen (secondary N) is 2. The smallest absolute Gasteiger partial charge is 0.252 e. The summed E-state index contributed by atoms with van der Waals surface area (Å²) in [5.41, 5.74) is -0.228. The topological polar surface area (TPSA) is 137 Å². The highest BCUT2D eigenvalue weighted by molar-refractivity contribution is 5.89. The summed E-state index contributed by atoms with van der Waals surface area (Å²) >= 11 is 0. The van der Waals surface area contributed by atoms with E-state index in [1.165, 1.54) is 39.4 Å². The number of aliphatic hydroxyl groups is 3. The summed E-state index contributed by atoms with van der Waals surface area (Å²) in [7, 11) is 1.20. The van der Waals surface area contributed by atoms with Crippen molar-refractivity contribution in [3.63, 3.8) is 0 Å². The van der Waals surface area contributed by atoms with Crippen LogP contribution in [0.3, 0.4) is 0 Å². The number of carbonyl (C=O) groups is 2. The van der Waals surface area contributed by atoms with Crippen molar-refractivity contribution >= 4 is 11.8 Å². The van der Waals surface area contributed by atoms with Crippen LogP contribution >= 0.6 is 0 Å². The maximum absolute atomic E-state index is 12.5. The Morgan fingerprint density at radius 3 is 2.27 bits per heavy atom.